The van der Waals surface area contributed by atoms with Crippen LogP contribution in [0.5, 0.6) is 5.75 Å². The van der Waals surface area contributed by atoms with E-state index in [1.54, 1.807) is 12.1 Å². The Kier molecular flexibility index (Phi) is 2.78. The molecule has 0 radical (unpaired) electrons. The van der Waals surface area contributed by atoms with E-state index in [0.29, 0.717) is 21.1 Å². The van der Waals surface area contributed by atoms with Crippen molar-refractivity contribution in [2.24, 2.45) is 0 Å². The predicted molar refractivity (Wildman–Crippen MR) is 63.0 cm³/mol. The van der Waals surface area contributed by atoms with E-state index in [2.05, 4.69) is 20.9 Å². The van der Waals surface area contributed by atoms with Crippen LogP contribution in [0.15, 0.2) is 28.9 Å². The number of methoxy groups -OCH3 is 1. The topological polar surface area (TPSA) is 59.4 Å². The molecule has 4 nitrogen and oxygen atoms in total. The van der Waals surface area contributed by atoms with Crippen molar-refractivity contribution in [1.82, 2.24) is 4.98 Å². The highest BCUT2D eigenvalue weighted by atomic mass is 79.9. The van der Waals surface area contributed by atoms with Crippen LogP contribution in [0.2, 0.25) is 0 Å². The Morgan fingerprint density at radius 1 is 1.44 bits per heavy atom. The lowest BCUT2D eigenvalue weighted by Crippen LogP contribution is -1.99. The third-order valence-electron chi connectivity index (χ3n) is 2.25. The van der Waals surface area contributed by atoms with Gasteiger partial charge in [0.15, 0.2) is 0 Å². The predicted octanol–water partition coefficient (Wildman–Crippen LogP) is 2.70. The summed E-state index contributed by atoms with van der Waals surface area (Å²) in [6.07, 6.45) is 1.46. The first-order valence-corrected chi connectivity index (χ1v) is 5.29. The first-order valence-electron chi connectivity index (χ1n) is 4.49. The number of ether oxygens (including phenoxy) is 1. The molecule has 16 heavy (non-hydrogen) atoms. The van der Waals surface area contributed by atoms with Gasteiger partial charge in [0.05, 0.1) is 12.7 Å². The average molecular weight is 282 g/mol. The second-order valence-electron chi connectivity index (χ2n) is 3.14. The van der Waals surface area contributed by atoms with Crippen LogP contribution < -0.4 is 4.74 Å². The van der Waals surface area contributed by atoms with Gasteiger partial charge in [-0.2, -0.15) is 0 Å². The van der Waals surface area contributed by atoms with Crippen LogP contribution in [0.1, 0.15) is 10.4 Å². The number of aromatic nitrogens is 1. The first-order chi connectivity index (χ1) is 7.65. The first kappa shape index (κ1) is 10.9. The van der Waals surface area contributed by atoms with E-state index in [1.807, 2.05) is 0 Å². The lowest BCUT2D eigenvalue weighted by atomic mass is 10.1. The number of halogens is 1. The molecule has 1 heterocycles. The summed E-state index contributed by atoms with van der Waals surface area (Å²) in [5, 5.41) is 9.63. The Labute approximate surface area is 100.0 Å². The number of benzene rings is 1. The van der Waals surface area contributed by atoms with Gasteiger partial charge >= 0.3 is 5.97 Å². The van der Waals surface area contributed by atoms with Gasteiger partial charge in [-0.25, -0.2) is 4.79 Å². The van der Waals surface area contributed by atoms with E-state index in [0.717, 1.165) is 0 Å². The van der Waals surface area contributed by atoms with Gasteiger partial charge in [-0.1, -0.05) is 15.9 Å². The summed E-state index contributed by atoms with van der Waals surface area (Å²) in [5.74, 6) is -0.428. The Morgan fingerprint density at radius 3 is 2.81 bits per heavy atom. The Balaban J connectivity index is 2.91. The number of carboxylic acids is 1. The molecule has 0 spiro atoms. The summed E-state index contributed by atoms with van der Waals surface area (Å²) >= 11 is 3.32. The van der Waals surface area contributed by atoms with Gasteiger partial charge in [0, 0.05) is 16.1 Å². The van der Waals surface area contributed by atoms with Crippen molar-refractivity contribution in [3.05, 3.63) is 34.4 Å². The van der Waals surface area contributed by atoms with Crippen molar-refractivity contribution < 1.29 is 14.6 Å². The average Bonchev–Trinajstić information content (AvgIpc) is 2.29. The zero-order chi connectivity index (χ0) is 11.7. The summed E-state index contributed by atoms with van der Waals surface area (Å²) < 4.78 is 5.83. The van der Waals surface area contributed by atoms with Crippen molar-refractivity contribution >= 4 is 32.8 Å². The van der Waals surface area contributed by atoms with E-state index in [4.69, 9.17) is 9.84 Å². The number of pyridine rings is 1. The molecular formula is C11H8BrNO3. The second-order valence-corrected chi connectivity index (χ2v) is 3.99. The summed E-state index contributed by atoms with van der Waals surface area (Å²) in [7, 11) is 1.53. The highest BCUT2D eigenvalue weighted by molar-refractivity contribution is 9.10. The minimum absolute atomic E-state index is 0.204. The van der Waals surface area contributed by atoms with Crippen molar-refractivity contribution in [3.8, 4) is 5.75 Å². The van der Waals surface area contributed by atoms with Crippen LogP contribution in [0.25, 0.3) is 10.9 Å². The third kappa shape index (κ3) is 1.63. The highest BCUT2D eigenvalue weighted by Gasteiger charge is 2.14. The minimum Gasteiger partial charge on any atom is -0.494 e. The van der Waals surface area contributed by atoms with Gasteiger partial charge in [0.2, 0.25) is 0 Å². The highest BCUT2D eigenvalue weighted by Crippen LogP contribution is 2.32. The summed E-state index contributed by atoms with van der Waals surface area (Å²) in [4.78, 5) is 15.2. The summed E-state index contributed by atoms with van der Waals surface area (Å²) in [6, 6.07) is 4.95. The maximum atomic E-state index is 11.1. The molecule has 82 valence electrons. The summed E-state index contributed by atoms with van der Waals surface area (Å²) in [5.41, 5.74) is 0.743. The van der Waals surface area contributed by atoms with Gasteiger partial charge in [-0.15, -0.1) is 0 Å². The van der Waals surface area contributed by atoms with Crippen LogP contribution in [-0.2, 0) is 0 Å². The lowest BCUT2D eigenvalue weighted by molar-refractivity contribution is 0.0699. The molecular weight excluding hydrogens is 274 g/mol. The number of hydrogen-bond donors (Lipinski definition) is 1. The largest absolute Gasteiger partial charge is 0.494 e. The van der Waals surface area contributed by atoms with E-state index in [1.165, 1.54) is 19.4 Å². The van der Waals surface area contributed by atoms with Gasteiger partial charge in [-0.05, 0) is 18.2 Å². The monoisotopic (exact) mass is 281 g/mol. The van der Waals surface area contributed by atoms with E-state index >= 15 is 0 Å². The van der Waals surface area contributed by atoms with Crippen LogP contribution in [-0.4, -0.2) is 23.2 Å². The molecule has 0 aliphatic rings. The SMILES string of the molecule is COc1ccc(Br)c2c(C(=O)O)ccnc12. The molecule has 1 N–H and O–H groups in total. The number of fused-ring (bicyclic) bond motifs is 1. The smallest absolute Gasteiger partial charge is 0.336 e. The van der Waals surface area contributed by atoms with Crippen LogP contribution in [0.3, 0.4) is 0 Å². The molecule has 0 saturated carbocycles. The minimum atomic E-state index is -0.985. The van der Waals surface area contributed by atoms with E-state index < -0.39 is 5.97 Å². The normalized spacial score (nSPS) is 10.4. The molecule has 1 aromatic heterocycles. The maximum absolute atomic E-state index is 11.1. The molecule has 0 aliphatic carbocycles. The molecule has 0 saturated heterocycles. The Bertz CT molecular complexity index is 568. The Morgan fingerprint density at radius 2 is 2.19 bits per heavy atom. The van der Waals surface area contributed by atoms with Crippen molar-refractivity contribution in [2.75, 3.05) is 7.11 Å². The quantitative estimate of drug-likeness (QED) is 0.920. The number of aromatic carboxylic acids is 1. The molecule has 0 fully saturated rings. The van der Waals surface area contributed by atoms with Gasteiger partial charge in [0.1, 0.15) is 11.3 Å². The van der Waals surface area contributed by atoms with Gasteiger partial charge < -0.3 is 9.84 Å². The molecule has 0 aliphatic heterocycles. The molecule has 2 rings (SSSR count). The van der Waals surface area contributed by atoms with Gasteiger partial charge in [-0.3, -0.25) is 4.98 Å². The van der Waals surface area contributed by atoms with Crippen LogP contribution in [0, 0.1) is 0 Å². The molecule has 0 unspecified atom stereocenters. The number of carboxylic acid groups (broad SMARTS) is 1. The number of carbonyl (C=O) groups is 1. The lowest BCUT2D eigenvalue weighted by Gasteiger charge is -2.08. The van der Waals surface area contributed by atoms with Crippen LogP contribution >= 0.6 is 15.9 Å². The molecule has 0 atom stereocenters. The Hall–Kier alpha value is -1.62. The fourth-order valence-corrected chi connectivity index (χ4v) is 2.08. The van der Waals surface area contributed by atoms with E-state index in [9.17, 15) is 4.79 Å². The molecule has 0 amide bonds. The third-order valence-corrected chi connectivity index (χ3v) is 2.92. The second kappa shape index (κ2) is 4.09. The van der Waals surface area contributed by atoms with Crippen molar-refractivity contribution in [1.29, 1.82) is 0 Å². The number of nitrogens with zero attached hydrogens (tertiary/aromatic N) is 1. The molecule has 0 bridgehead atoms. The molecule has 1 aromatic carbocycles. The van der Waals surface area contributed by atoms with Crippen LogP contribution in [0.4, 0.5) is 0 Å². The zero-order valence-corrected chi connectivity index (χ0v) is 9.98. The fourth-order valence-electron chi connectivity index (χ4n) is 1.54. The number of rotatable bonds is 2. The van der Waals surface area contributed by atoms with E-state index in [-0.39, 0.29) is 5.56 Å². The van der Waals surface area contributed by atoms with Crippen molar-refractivity contribution in [3.63, 3.8) is 0 Å². The molecule has 5 heteroatoms. The van der Waals surface area contributed by atoms with Gasteiger partial charge in [0.25, 0.3) is 0 Å². The standard InChI is InChI=1S/C11H8BrNO3/c1-16-8-3-2-7(12)9-6(11(14)15)4-5-13-10(8)9/h2-5H,1H3,(H,14,15). The number of hydrogen-bond acceptors (Lipinski definition) is 3. The maximum Gasteiger partial charge on any atom is 0.336 e. The van der Waals surface area contributed by atoms with Crippen molar-refractivity contribution in [2.45, 2.75) is 0 Å². The molecule has 2 aromatic rings. The fraction of sp³-hybridized carbons (Fsp3) is 0.0909. The zero-order valence-electron chi connectivity index (χ0n) is 8.40. The summed E-state index contributed by atoms with van der Waals surface area (Å²) in [6.45, 7) is 0.